The monoisotopic (exact) mass is 238 g/mol. The average molecular weight is 238 g/mol. The van der Waals surface area contributed by atoms with Gasteiger partial charge in [0.2, 0.25) is 5.97 Å². The van der Waals surface area contributed by atoms with Crippen molar-refractivity contribution in [3.63, 3.8) is 0 Å². The molecule has 4 N–H and O–H groups in total. The van der Waals surface area contributed by atoms with Crippen LogP contribution in [-0.2, 0) is 28.1 Å². The molecule has 1 aliphatic carbocycles. The summed E-state index contributed by atoms with van der Waals surface area (Å²) in [5.74, 6) is -2.31. The fraction of sp³-hybridized carbons (Fsp3) is 0.375. The molecule has 6 heteroatoms. The van der Waals surface area contributed by atoms with Crippen LogP contribution in [0.1, 0.15) is 12.8 Å². The van der Waals surface area contributed by atoms with Crippen LogP contribution < -0.4 is 0 Å². The quantitative estimate of drug-likeness (QED) is 0.653. The summed E-state index contributed by atoms with van der Waals surface area (Å²) in [5.41, 5.74) is 0.215. The van der Waals surface area contributed by atoms with Crippen molar-refractivity contribution < 1.29 is 43.8 Å². The van der Waals surface area contributed by atoms with Crippen molar-refractivity contribution in [1.29, 1.82) is 0 Å². The minimum atomic E-state index is -0.987. The first kappa shape index (κ1) is 15.6. The Labute approximate surface area is 93.0 Å². The molecule has 0 aromatic rings. The molecule has 0 aromatic heterocycles. The SMILES string of the molecule is O.O=C(O)C1=CCC(C(=O)O)C[CH-]1.[V]. The Hall–Kier alpha value is -0.906. The fourth-order valence-electron chi connectivity index (χ4n) is 1.09. The summed E-state index contributed by atoms with van der Waals surface area (Å²) in [4.78, 5) is 20.8. The van der Waals surface area contributed by atoms with E-state index in [1.54, 1.807) is 0 Å². The minimum absolute atomic E-state index is 0. The molecule has 0 saturated carbocycles. The van der Waals surface area contributed by atoms with Gasteiger partial charge in [-0.2, -0.15) is 12.5 Å². The van der Waals surface area contributed by atoms with E-state index in [0.29, 0.717) is 12.8 Å². The molecule has 1 rings (SSSR count). The van der Waals surface area contributed by atoms with Crippen molar-refractivity contribution in [2.75, 3.05) is 0 Å². The smallest absolute Gasteiger partial charge is 0.305 e. The second-order valence-electron chi connectivity index (χ2n) is 2.68. The molecule has 79 valence electrons. The third kappa shape index (κ3) is 3.87. The first-order valence-corrected chi connectivity index (χ1v) is 3.60. The molecule has 1 unspecified atom stereocenters. The normalized spacial score (nSPS) is 19.1. The molecule has 0 saturated heterocycles. The van der Waals surface area contributed by atoms with E-state index in [4.69, 9.17) is 10.2 Å². The van der Waals surface area contributed by atoms with Crippen LogP contribution in [0.3, 0.4) is 0 Å². The molecular weight excluding hydrogens is 227 g/mol. The molecule has 14 heavy (non-hydrogen) atoms. The third-order valence-electron chi connectivity index (χ3n) is 1.84. The van der Waals surface area contributed by atoms with Crippen LogP contribution in [0.2, 0.25) is 0 Å². The second-order valence-corrected chi connectivity index (χ2v) is 2.68. The molecule has 0 aliphatic heterocycles. The molecule has 1 aliphatic rings. The van der Waals surface area contributed by atoms with E-state index >= 15 is 0 Å². The van der Waals surface area contributed by atoms with Crippen LogP contribution in [0.5, 0.6) is 0 Å². The Bertz CT molecular complexity index is 248. The van der Waals surface area contributed by atoms with E-state index in [0.717, 1.165) is 0 Å². The van der Waals surface area contributed by atoms with Crippen LogP contribution in [0, 0.1) is 12.3 Å². The first-order valence-electron chi connectivity index (χ1n) is 3.60. The summed E-state index contributed by atoms with van der Waals surface area (Å²) in [5, 5.41) is 17.1. The molecule has 0 amide bonds. The zero-order valence-corrected chi connectivity index (χ0v) is 8.70. The van der Waals surface area contributed by atoms with Crippen molar-refractivity contribution in [3.05, 3.63) is 18.1 Å². The summed E-state index contributed by atoms with van der Waals surface area (Å²) in [7, 11) is 0. The standard InChI is InChI=1S/C8H9O4.H2O.V/c9-7(10)5-1-2-6(4-3-5)8(11)12;;/h1,3,6H,2,4H2,(H,9,10)(H,11,12);1H2;/q-1;;. The van der Waals surface area contributed by atoms with Gasteiger partial charge >= 0.3 is 5.97 Å². The largest absolute Gasteiger partial charge is 0.535 e. The molecule has 0 bridgehead atoms. The average Bonchev–Trinajstić information content (AvgIpc) is 2.04. The Balaban J connectivity index is 0. The summed E-state index contributed by atoms with van der Waals surface area (Å²) in [6.07, 6.45) is 3.52. The first-order chi connectivity index (χ1) is 5.61. The van der Waals surface area contributed by atoms with E-state index < -0.39 is 17.9 Å². The molecule has 0 fully saturated rings. The predicted octanol–water partition coefficient (Wildman–Crippen LogP) is -0.131. The van der Waals surface area contributed by atoms with Crippen molar-refractivity contribution in [2.45, 2.75) is 12.8 Å². The number of hydrogen-bond acceptors (Lipinski definition) is 2. The van der Waals surface area contributed by atoms with E-state index in [1.807, 2.05) is 0 Å². The Morgan fingerprint density at radius 2 is 2.00 bits per heavy atom. The fourth-order valence-corrected chi connectivity index (χ4v) is 1.09. The van der Waals surface area contributed by atoms with Crippen LogP contribution in [0.4, 0.5) is 0 Å². The van der Waals surface area contributed by atoms with Crippen molar-refractivity contribution in [3.8, 4) is 0 Å². The third-order valence-corrected chi connectivity index (χ3v) is 1.84. The maximum atomic E-state index is 10.4. The van der Waals surface area contributed by atoms with Gasteiger partial charge in [-0.25, -0.2) is 0 Å². The van der Waals surface area contributed by atoms with E-state index in [9.17, 15) is 9.59 Å². The number of aliphatic carboxylic acids is 2. The Morgan fingerprint density at radius 1 is 1.43 bits per heavy atom. The number of allylic oxidation sites excluding steroid dienone is 1. The topological polar surface area (TPSA) is 106 Å². The van der Waals surface area contributed by atoms with Crippen molar-refractivity contribution in [2.24, 2.45) is 5.92 Å². The van der Waals surface area contributed by atoms with Gasteiger partial charge in [-0.05, 0) is 0 Å². The summed E-state index contributed by atoms with van der Waals surface area (Å²) >= 11 is 0. The number of hydrogen-bond donors (Lipinski definition) is 2. The van der Waals surface area contributed by atoms with Crippen LogP contribution in [0.15, 0.2) is 11.6 Å². The van der Waals surface area contributed by atoms with E-state index in [2.05, 4.69) is 0 Å². The van der Waals surface area contributed by atoms with Gasteiger partial charge in [0.1, 0.15) is 0 Å². The second kappa shape index (κ2) is 6.53. The molecule has 1 radical (unpaired) electrons. The van der Waals surface area contributed by atoms with Gasteiger partial charge in [-0.1, -0.05) is 12.8 Å². The number of carbonyl (C=O) groups is 2. The van der Waals surface area contributed by atoms with E-state index in [1.165, 1.54) is 12.5 Å². The van der Waals surface area contributed by atoms with Crippen molar-refractivity contribution in [1.82, 2.24) is 0 Å². The summed E-state index contributed by atoms with van der Waals surface area (Å²) in [6, 6.07) is 0. The Morgan fingerprint density at radius 3 is 2.29 bits per heavy atom. The zero-order chi connectivity index (χ0) is 9.14. The minimum Gasteiger partial charge on any atom is -0.535 e. The summed E-state index contributed by atoms with van der Waals surface area (Å²) in [6.45, 7) is 0. The zero-order valence-electron chi connectivity index (χ0n) is 7.30. The number of rotatable bonds is 2. The van der Waals surface area contributed by atoms with Crippen LogP contribution in [-0.4, -0.2) is 27.6 Å². The maximum Gasteiger partial charge on any atom is 0.305 e. The number of carboxylic acid groups (broad SMARTS) is 2. The maximum absolute atomic E-state index is 10.4. The van der Waals surface area contributed by atoms with Gasteiger partial charge in [0, 0.05) is 24.5 Å². The van der Waals surface area contributed by atoms with Gasteiger partial charge in [0.15, 0.2) is 0 Å². The van der Waals surface area contributed by atoms with E-state index in [-0.39, 0.29) is 29.6 Å². The van der Waals surface area contributed by atoms with Gasteiger partial charge in [0.25, 0.3) is 0 Å². The van der Waals surface area contributed by atoms with Crippen molar-refractivity contribution >= 4 is 11.9 Å². The van der Waals surface area contributed by atoms with Gasteiger partial charge < -0.3 is 20.5 Å². The Kier molecular flexibility index (Phi) is 7.26. The van der Waals surface area contributed by atoms with Gasteiger partial charge in [-0.3, -0.25) is 4.79 Å². The van der Waals surface area contributed by atoms with Crippen LogP contribution >= 0.6 is 0 Å². The molecular formula is C8H11O5V-. The van der Waals surface area contributed by atoms with Crippen LogP contribution in [0.25, 0.3) is 0 Å². The number of carboxylic acids is 2. The molecule has 0 spiro atoms. The van der Waals surface area contributed by atoms with Gasteiger partial charge in [0.05, 0.1) is 0 Å². The van der Waals surface area contributed by atoms with Gasteiger partial charge in [-0.15, -0.1) is 5.57 Å². The molecule has 1 atom stereocenters. The predicted molar refractivity (Wildman–Crippen MR) is 44.0 cm³/mol. The molecule has 5 nitrogen and oxygen atoms in total. The molecule has 0 heterocycles. The summed E-state index contributed by atoms with van der Waals surface area (Å²) < 4.78 is 0. The molecule has 0 aromatic carbocycles.